The Kier molecular flexibility index (Phi) is 5.20. The summed E-state index contributed by atoms with van der Waals surface area (Å²) in [7, 11) is 3.67. The first-order valence-corrected chi connectivity index (χ1v) is 6.45. The molecule has 0 N–H and O–H groups in total. The molecule has 0 unspecified atom stereocenters. The Labute approximate surface area is 117 Å². The van der Waals surface area contributed by atoms with Crippen LogP contribution in [0.15, 0.2) is 28.7 Å². The van der Waals surface area contributed by atoms with Crippen molar-refractivity contribution >= 4 is 0 Å². The molecule has 0 bridgehead atoms. The van der Waals surface area contributed by atoms with Crippen LogP contribution in [0.25, 0.3) is 11.5 Å². The highest BCUT2D eigenvalue weighted by molar-refractivity contribution is 5.51. The zero-order chi connectivity index (χ0) is 14.4. The molecule has 0 spiro atoms. The zero-order valence-electron chi connectivity index (χ0n) is 11.7. The van der Waals surface area contributed by atoms with Gasteiger partial charge in [0, 0.05) is 25.8 Å². The maximum absolute atomic E-state index is 12.8. The van der Waals surface area contributed by atoms with Crippen LogP contribution < -0.4 is 0 Å². The van der Waals surface area contributed by atoms with Crippen molar-refractivity contribution in [2.75, 3.05) is 27.3 Å². The fourth-order valence-electron chi connectivity index (χ4n) is 1.82. The van der Waals surface area contributed by atoms with E-state index in [1.165, 1.54) is 12.1 Å². The molecule has 108 valence electrons. The van der Waals surface area contributed by atoms with E-state index in [0.717, 1.165) is 19.6 Å². The summed E-state index contributed by atoms with van der Waals surface area (Å²) < 4.78 is 23.4. The first-order chi connectivity index (χ1) is 9.69. The Morgan fingerprint density at radius 3 is 2.70 bits per heavy atom. The predicted octanol–water partition coefficient (Wildman–Crippen LogP) is 2.34. The van der Waals surface area contributed by atoms with Crippen molar-refractivity contribution in [3.63, 3.8) is 0 Å². The van der Waals surface area contributed by atoms with E-state index in [2.05, 4.69) is 15.1 Å². The van der Waals surface area contributed by atoms with Gasteiger partial charge in [-0.1, -0.05) is 0 Å². The summed E-state index contributed by atoms with van der Waals surface area (Å²) in [6.45, 7) is 2.20. The molecule has 0 fully saturated rings. The molecule has 0 amide bonds. The maximum atomic E-state index is 12.8. The van der Waals surface area contributed by atoms with Gasteiger partial charge >= 0.3 is 0 Å². The molecule has 1 aromatic heterocycles. The average Bonchev–Trinajstić information content (AvgIpc) is 2.88. The lowest BCUT2D eigenvalue weighted by atomic mass is 10.2. The smallest absolute Gasteiger partial charge is 0.247 e. The summed E-state index contributed by atoms with van der Waals surface area (Å²) in [5, 5.41) is 7.98. The number of aromatic nitrogens is 2. The second kappa shape index (κ2) is 7.12. The van der Waals surface area contributed by atoms with E-state index in [1.807, 2.05) is 7.05 Å². The van der Waals surface area contributed by atoms with Crippen molar-refractivity contribution in [2.24, 2.45) is 0 Å². The van der Waals surface area contributed by atoms with Crippen molar-refractivity contribution in [2.45, 2.75) is 13.0 Å². The van der Waals surface area contributed by atoms with E-state index >= 15 is 0 Å². The van der Waals surface area contributed by atoms with E-state index < -0.39 is 0 Å². The van der Waals surface area contributed by atoms with Crippen molar-refractivity contribution in [3.8, 4) is 11.5 Å². The lowest BCUT2D eigenvalue weighted by molar-refractivity contribution is 0.175. The molecule has 0 aliphatic carbocycles. The fraction of sp³-hybridized carbons (Fsp3) is 0.429. The van der Waals surface area contributed by atoms with Crippen LogP contribution in [-0.2, 0) is 11.3 Å². The Hall–Kier alpha value is -1.79. The van der Waals surface area contributed by atoms with Crippen LogP contribution >= 0.6 is 0 Å². The summed E-state index contributed by atoms with van der Waals surface area (Å²) in [5.74, 6) is 0.667. The summed E-state index contributed by atoms with van der Waals surface area (Å²) >= 11 is 0. The van der Waals surface area contributed by atoms with Crippen LogP contribution in [0.3, 0.4) is 0 Å². The summed E-state index contributed by atoms with van der Waals surface area (Å²) in [6.07, 6.45) is 0.950. The monoisotopic (exact) mass is 279 g/mol. The fourth-order valence-corrected chi connectivity index (χ4v) is 1.82. The van der Waals surface area contributed by atoms with Crippen LogP contribution in [0.5, 0.6) is 0 Å². The van der Waals surface area contributed by atoms with Gasteiger partial charge in [0.1, 0.15) is 5.82 Å². The molecule has 1 heterocycles. The molecule has 5 nitrogen and oxygen atoms in total. The van der Waals surface area contributed by atoms with Crippen LogP contribution in [-0.4, -0.2) is 42.4 Å². The van der Waals surface area contributed by atoms with Crippen molar-refractivity contribution in [3.05, 3.63) is 36.0 Å². The number of benzene rings is 1. The highest BCUT2D eigenvalue weighted by atomic mass is 19.1. The van der Waals surface area contributed by atoms with Crippen LogP contribution in [0.1, 0.15) is 12.3 Å². The van der Waals surface area contributed by atoms with Gasteiger partial charge in [-0.25, -0.2) is 4.39 Å². The number of methoxy groups -OCH3 is 1. The molecule has 1 aromatic carbocycles. The minimum Gasteiger partial charge on any atom is -0.419 e. The molecule has 0 saturated heterocycles. The quantitative estimate of drug-likeness (QED) is 0.728. The molecular formula is C14H18FN3O2. The summed E-state index contributed by atoms with van der Waals surface area (Å²) in [6, 6.07) is 5.98. The molecule has 2 aromatic rings. The van der Waals surface area contributed by atoms with Gasteiger partial charge in [0.15, 0.2) is 0 Å². The molecular weight excluding hydrogens is 261 g/mol. The Morgan fingerprint density at radius 2 is 2.00 bits per heavy atom. The van der Waals surface area contributed by atoms with Crippen molar-refractivity contribution in [1.82, 2.24) is 15.1 Å². The molecule has 0 aliphatic rings. The second-order valence-electron chi connectivity index (χ2n) is 4.59. The SMILES string of the molecule is COCCCN(C)Cc1nnc(-c2ccc(F)cc2)o1. The van der Waals surface area contributed by atoms with Gasteiger partial charge in [-0.3, -0.25) is 4.90 Å². The molecule has 2 rings (SSSR count). The van der Waals surface area contributed by atoms with Crippen LogP contribution in [0, 0.1) is 5.82 Å². The molecule has 0 saturated carbocycles. The maximum Gasteiger partial charge on any atom is 0.247 e. The standard InChI is InChI=1S/C14H18FN3O2/c1-18(8-3-9-19-2)10-13-16-17-14(20-13)11-4-6-12(15)7-5-11/h4-7H,3,8-10H2,1-2H3. The molecule has 6 heteroatoms. The third-order valence-corrected chi connectivity index (χ3v) is 2.85. The number of hydrogen-bond donors (Lipinski definition) is 0. The number of halogens is 1. The number of rotatable bonds is 7. The van der Waals surface area contributed by atoms with Gasteiger partial charge in [0.2, 0.25) is 11.8 Å². The number of nitrogens with zero attached hydrogens (tertiary/aromatic N) is 3. The summed E-state index contributed by atoms with van der Waals surface area (Å²) in [4.78, 5) is 2.08. The van der Waals surface area contributed by atoms with Gasteiger partial charge in [0.05, 0.1) is 6.54 Å². The van der Waals surface area contributed by atoms with Crippen molar-refractivity contribution < 1.29 is 13.5 Å². The third kappa shape index (κ3) is 4.11. The third-order valence-electron chi connectivity index (χ3n) is 2.85. The van der Waals surface area contributed by atoms with Crippen LogP contribution in [0.2, 0.25) is 0 Å². The molecule has 0 radical (unpaired) electrons. The lowest BCUT2D eigenvalue weighted by Gasteiger charge is -2.13. The minimum atomic E-state index is -0.286. The zero-order valence-corrected chi connectivity index (χ0v) is 11.7. The second-order valence-corrected chi connectivity index (χ2v) is 4.59. The van der Waals surface area contributed by atoms with E-state index in [9.17, 15) is 4.39 Å². The van der Waals surface area contributed by atoms with Crippen LogP contribution in [0.4, 0.5) is 4.39 Å². The number of hydrogen-bond acceptors (Lipinski definition) is 5. The lowest BCUT2D eigenvalue weighted by Crippen LogP contribution is -2.20. The highest BCUT2D eigenvalue weighted by Gasteiger charge is 2.10. The molecule has 0 aliphatic heterocycles. The number of ether oxygens (including phenoxy) is 1. The topological polar surface area (TPSA) is 51.4 Å². The molecule has 20 heavy (non-hydrogen) atoms. The van der Waals surface area contributed by atoms with E-state index in [0.29, 0.717) is 23.9 Å². The summed E-state index contributed by atoms with van der Waals surface area (Å²) in [5.41, 5.74) is 0.715. The molecule has 0 atom stereocenters. The van der Waals surface area contributed by atoms with E-state index in [4.69, 9.17) is 9.15 Å². The predicted molar refractivity (Wildman–Crippen MR) is 72.5 cm³/mol. The van der Waals surface area contributed by atoms with Gasteiger partial charge in [0.25, 0.3) is 0 Å². The Bertz CT molecular complexity index is 527. The first kappa shape index (κ1) is 14.6. The van der Waals surface area contributed by atoms with Gasteiger partial charge in [-0.15, -0.1) is 10.2 Å². The minimum absolute atomic E-state index is 0.286. The van der Waals surface area contributed by atoms with E-state index in [-0.39, 0.29) is 5.82 Å². The normalized spacial score (nSPS) is 11.2. The average molecular weight is 279 g/mol. The first-order valence-electron chi connectivity index (χ1n) is 6.45. The van der Waals surface area contributed by atoms with Gasteiger partial charge < -0.3 is 9.15 Å². The van der Waals surface area contributed by atoms with Crippen molar-refractivity contribution in [1.29, 1.82) is 0 Å². The Morgan fingerprint density at radius 1 is 1.25 bits per heavy atom. The Balaban J connectivity index is 1.93. The highest BCUT2D eigenvalue weighted by Crippen LogP contribution is 2.18. The van der Waals surface area contributed by atoms with Gasteiger partial charge in [-0.2, -0.15) is 0 Å². The largest absolute Gasteiger partial charge is 0.419 e. The van der Waals surface area contributed by atoms with E-state index in [1.54, 1.807) is 19.2 Å². The van der Waals surface area contributed by atoms with Gasteiger partial charge in [-0.05, 0) is 37.7 Å².